The SMILES string of the molecule is CCCCC(N)C(=O)c1ccc(OC)cc1OC. The van der Waals surface area contributed by atoms with Crippen LogP contribution in [-0.2, 0) is 0 Å². The van der Waals surface area contributed by atoms with Crippen molar-refractivity contribution in [3.8, 4) is 11.5 Å². The fourth-order valence-corrected chi connectivity index (χ4v) is 1.76. The first-order valence-electron chi connectivity index (χ1n) is 6.15. The number of nitrogens with two attached hydrogens (primary N) is 1. The number of hydrogen-bond donors (Lipinski definition) is 1. The van der Waals surface area contributed by atoms with Crippen molar-refractivity contribution in [1.29, 1.82) is 0 Å². The summed E-state index contributed by atoms with van der Waals surface area (Å²) in [4.78, 5) is 12.2. The number of Topliss-reactive ketones (excluding diaryl/α,β-unsaturated/α-hetero) is 1. The topological polar surface area (TPSA) is 61.6 Å². The molecule has 0 radical (unpaired) electrons. The van der Waals surface area contributed by atoms with Gasteiger partial charge in [-0.25, -0.2) is 0 Å². The predicted octanol–water partition coefficient (Wildman–Crippen LogP) is 2.40. The molecule has 4 heteroatoms. The van der Waals surface area contributed by atoms with Gasteiger partial charge in [0.1, 0.15) is 11.5 Å². The number of hydrogen-bond acceptors (Lipinski definition) is 4. The van der Waals surface area contributed by atoms with E-state index >= 15 is 0 Å². The monoisotopic (exact) mass is 251 g/mol. The first-order valence-corrected chi connectivity index (χ1v) is 6.15. The van der Waals surface area contributed by atoms with E-state index in [4.69, 9.17) is 15.2 Å². The lowest BCUT2D eigenvalue weighted by Gasteiger charge is -2.13. The minimum atomic E-state index is -0.466. The molecule has 1 atom stereocenters. The van der Waals surface area contributed by atoms with Crippen LogP contribution in [-0.4, -0.2) is 26.0 Å². The van der Waals surface area contributed by atoms with Crippen molar-refractivity contribution in [3.63, 3.8) is 0 Å². The van der Waals surface area contributed by atoms with E-state index in [0.29, 0.717) is 23.5 Å². The van der Waals surface area contributed by atoms with Gasteiger partial charge in [-0.15, -0.1) is 0 Å². The second-order valence-electron chi connectivity index (χ2n) is 4.18. The summed E-state index contributed by atoms with van der Waals surface area (Å²) in [6.45, 7) is 2.07. The molecule has 18 heavy (non-hydrogen) atoms. The zero-order valence-electron chi connectivity index (χ0n) is 11.2. The van der Waals surface area contributed by atoms with Gasteiger partial charge in [-0.3, -0.25) is 4.79 Å². The van der Waals surface area contributed by atoms with Gasteiger partial charge >= 0.3 is 0 Å². The molecule has 1 unspecified atom stereocenters. The Kier molecular flexibility index (Phi) is 5.65. The van der Waals surface area contributed by atoms with Crippen LogP contribution in [0.15, 0.2) is 18.2 Å². The molecule has 0 aromatic heterocycles. The van der Waals surface area contributed by atoms with Crippen molar-refractivity contribution in [2.75, 3.05) is 14.2 Å². The summed E-state index contributed by atoms with van der Waals surface area (Å²) in [5.41, 5.74) is 6.41. The van der Waals surface area contributed by atoms with Crippen LogP contribution in [0.4, 0.5) is 0 Å². The third-order valence-corrected chi connectivity index (χ3v) is 2.88. The van der Waals surface area contributed by atoms with Crippen LogP contribution in [0.1, 0.15) is 36.5 Å². The molecule has 2 N–H and O–H groups in total. The van der Waals surface area contributed by atoms with Gasteiger partial charge in [0.05, 0.1) is 25.8 Å². The zero-order valence-corrected chi connectivity index (χ0v) is 11.2. The number of rotatable bonds is 7. The second kappa shape index (κ2) is 7.01. The summed E-state index contributed by atoms with van der Waals surface area (Å²) < 4.78 is 10.3. The van der Waals surface area contributed by atoms with E-state index in [1.807, 2.05) is 0 Å². The normalized spacial score (nSPS) is 12.0. The molecule has 0 amide bonds. The van der Waals surface area contributed by atoms with Crippen LogP contribution in [0.5, 0.6) is 11.5 Å². The highest BCUT2D eigenvalue weighted by Crippen LogP contribution is 2.25. The number of unbranched alkanes of at least 4 members (excludes halogenated alkanes) is 1. The molecule has 0 fully saturated rings. The van der Waals surface area contributed by atoms with Gasteiger partial charge in [-0.1, -0.05) is 19.8 Å². The number of benzene rings is 1. The highest BCUT2D eigenvalue weighted by molar-refractivity contribution is 6.02. The van der Waals surface area contributed by atoms with Crippen LogP contribution in [0, 0.1) is 0 Å². The summed E-state index contributed by atoms with van der Waals surface area (Å²) in [5.74, 6) is 1.08. The number of carbonyl (C=O) groups excluding carboxylic acids is 1. The van der Waals surface area contributed by atoms with Crippen molar-refractivity contribution in [2.24, 2.45) is 5.73 Å². The Balaban J connectivity index is 2.90. The summed E-state index contributed by atoms with van der Waals surface area (Å²) in [7, 11) is 3.10. The Labute approximate surface area is 108 Å². The van der Waals surface area contributed by atoms with Crippen molar-refractivity contribution >= 4 is 5.78 Å². The van der Waals surface area contributed by atoms with Gasteiger partial charge in [0.15, 0.2) is 5.78 Å². The third-order valence-electron chi connectivity index (χ3n) is 2.88. The summed E-state index contributed by atoms with van der Waals surface area (Å²) in [6, 6.07) is 4.67. The number of methoxy groups -OCH3 is 2. The molecule has 100 valence electrons. The van der Waals surface area contributed by atoms with Crippen molar-refractivity contribution in [1.82, 2.24) is 0 Å². The Morgan fingerprint density at radius 2 is 2.06 bits per heavy atom. The fourth-order valence-electron chi connectivity index (χ4n) is 1.76. The molecule has 0 heterocycles. The van der Waals surface area contributed by atoms with E-state index in [1.54, 1.807) is 25.3 Å². The highest BCUT2D eigenvalue weighted by Gasteiger charge is 2.19. The van der Waals surface area contributed by atoms with Crippen LogP contribution >= 0.6 is 0 Å². The molecule has 0 bridgehead atoms. The molecule has 0 spiro atoms. The van der Waals surface area contributed by atoms with E-state index < -0.39 is 6.04 Å². The van der Waals surface area contributed by atoms with Crippen LogP contribution in [0.3, 0.4) is 0 Å². The van der Waals surface area contributed by atoms with Gasteiger partial charge in [-0.2, -0.15) is 0 Å². The number of ether oxygens (including phenoxy) is 2. The van der Waals surface area contributed by atoms with E-state index in [9.17, 15) is 4.79 Å². The first kappa shape index (κ1) is 14.5. The molecule has 0 aliphatic heterocycles. The molecule has 1 aromatic rings. The van der Waals surface area contributed by atoms with E-state index in [1.165, 1.54) is 7.11 Å². The maximum absolute atomic E-state index is 12.2. The first-order chi connectivity index (χ1) is 8.63. The fraction of sp³-hybridized carbons (Fsp3) is 0.500. The Morgan fingerprint density at radius 3 is 2.61 bits per heavy atom. The van der Waals surface area contributed by atoms with Gasteiger partial charge in [-0.05, 0) is 18.6 Å². The summed E-state index contributed by atoms with van der Waals surface area (Å²) in [6.07, 6.45) is 2.68. The standard InChI is InChI=1S/C14H21NO3/c1-4-5-6-12(15)14(16)11-8-7-10(17-2)9-13(11)18-3/h7-9,12H,4-6,15H2,1-3H3. The van der Waals surface area contributed by atoms with Gasteiger partial charge < -0.3 is 15.2 Å². The molecule has 0 saturated heterocycles. The minimum Gasteiger partial charge on any atom is -0.497 e. The Bertz CT molecular complexity index is 404. The molecule has 1 rings (SSSR count). The molecule has 0 saturated carbocycles. The zero-order chi connectivity index (χ0) is 13.5. The lowest BCUT2D eigenvalue weighted by Crippen LogP contribution is -2.30. The van der Waals surface area contributed by atoms with Gasteiger partial charge in [0, 0.05) is 6.07 Å². The number of ketones is 1. The Hall–Kier alpha value is -1.55. The van der Waals surface area contributed by atoms with Crippen molar-refractivity contribution in [3.05, 3.63) is 23.8 Å². The maximum atomic E-state index is 12.2. The summed E-state index contributed by atoms with van der Waals surface area (Å²) in [5, 5.41) is 0. The van der Waals surface area contributed by atoms with E-state index in [-0.39, 0.29) is 5.78 Å². The van der Waals surface area contributed by atoms with Crippen molar-refractivity contribution < 1.29 is 14.3 Å². The van der Waals surface area contributed by atoms with Gasteiger partial charge in [0.2, 0.25) is 0 Å². The highest BCUT2D eigenvalue weighted by atomic mass is 16.5. The molecule has 4 nitrogen and oxygen atoms in total. The van der Waals surface area contributed by atoms with E-state index in [0.717, 1.165) is 12.8 Å². The average molecular weight is 251 g/mol. The second-order valence-corrected chi connectivity index (χ2v) is 4.18. The van der Waals surface area contributed by atoms with Crippen LogP contribution in [0.25, 0.3) is 0 Å². The molecule has 0 aliphatic carbocycles. The van der Waals surface area contributed by atoms with Crippen LogP contribution in [0.2, 0.25) is 0 Å². The largest absolute Gasteiger partial charge is 0.497 e. The van der Waals surface area contributed by atoms with Gasteiger partial charge in [0.25, 0.3) is 0 Å². The van der Waals surface area contributed by atoms with Crippen molar-refractivity contribution in [2.45, 2.75) is 32.2 Å². The molecular weight excluding hydrogens is 230 g/mol. The number of carbonyl (C=O) groups is 1. The molecule has 1 aromatic carbocycles. The predicted molar refractivity (Wildman–Crippen MR) is 71.4 cm³/mol. The average Bonchev–Trinajstić information content (AvgIpc) is 2.43. The lowest BCUT2D eigenvalue weighted by atomic mass is 9.99. The smallest absolute Gasteiger partial charge is 0.183 e. The lowest BCUT2D eigenvalue weighted by molar-refractivity contribution is 0.0953. The van der Waals surface area contributed by atoms with Crippen LogP contribution < -0.4 is 15.2 Å². The third kappa shape index (κ3) is 3.47. The molecule has 0 aliphatic rings. The Morgan fingerprint density at radius 1 is 1.33 bits per heavy atom. The quantitative estimate of drug-likeness (QED) is 0.756. The van der Waals surface area contributed by atoms with E-state index in [2.05, 4.69) is 6.92 Å². The summed E-state index contributed by atoms with van der Waals surface area (Å²) >= 11 is 0. The maximum Gasteiger partial charge on any atom is 0.183 e. The minimum absolute atomic E-state index is 0.0806. The molecular formula is C14H21NO3.